The molecule has 0 spiro atoms. The van der Waals surface area contributed by atoms with Crippen molar-refractivity contribution in [3.05, 3.63) is 35.5 Å². The van der Waals surface area contributed by atoms with Gasteiger partial charge in [0.25, 0.3) is 0 Å². The Morgan fingerprint density at radius 2 is 1.55 bits per heavy atom. The summed E-state index contributed by atoms with van der Waals surface area (Å²) in [6, 6.07) is 0. The van der Waals surface area contributed by atoms with Crippen LogP contribution in [0.1, 0.15) is 33.1 Å². The van der Waals surface area contributed by atoms with Gasteiger partial charge in [-0.1, -0.05) is 18.7 Å². The van der Waals surface area contributed by atoms with Crippen molar-refractivity contribution < 1.29 is 0 Å². The third kappa shape index (κ3) is 1.62. The van der Waals surface area contributed by atoms with Gasteiger partial charge in [0.1, 0.15) is 0 Å². The molecule has 11 heavy (non-hydrogen) atoms. The molecule has 0 unspecified atom stereocenters. The number of hydrogen-bond donors (Lipinski definition) is 0. The van der Waals surface area contributed by atoms with Crippen LogP contribution in [-0.2, 0) is 0 Å². The number of rotatable bonds is 0. The van der Waals surface area contributed by atoms with Crippen molar-refractivity contribution in [1.82, 2.24) is 0 Å². The van der Waals surface area contributed by atoms with Gasteiger partial charge >= 0.3 is 0 Å². The molecule has 0 bridgehead atoms. The van der Waals surface area contributed by atoms with Gasteiger partial charge in [-0.15, -0.1) is 0 Å². The molecule has 0 heterocycles. The molecule has 0 aromatic heterocycles. The van der Waals surface area contributed by atoms with Crippen molar-refractivity contribution >= 4 is 0 Å². The van der Waals surface area contributed by atoms with Crippen LogP contribution in [0.5, 0.6) is 0 Å². The Hall–Kier alpha value is -0.780. The van der Waals surface area contributed by atoms with E-state index in [1.165, 1.54) is 36.0 Å². The first-order valence-corrected chi connectivity index (χ1v) is 4.29. The first-order valence-electron chi connectivity index (χ1n) is 4.29. The maximum absolute atomic E-state index is 4.08. The highest BCUT2D eigenvalue weighted by atomic mass is 14.2. The van der Waals surface area contributed by atoms with Gasteiger partial charge in [0.15, 0.2) is 0 Å². The molecule has 0 aliphatic heterocycles. The van der Waals surface area contributed by atoms with Crippen molar-refractivity contribution in [2.45, 2.75) is 33.1 Å². The van der Waals surface area contributed by atoms with Crippen LogP contribution in [0.4, 0.5) is 0 Å². The molecule has 0 aromatic rings. The van der Waals surface area contributed by atoms with E-state index in [4.69, 9.17) is 0 Å². The average molecular weight is 148 g/mol. The smallest absolute Gasteiger partial charge is 0.0271 e. The zero-order valence-corrected chi connectivity index (χ0v) is 7.48. The molecule has 0 aromatic carbocycles. The third-order valence-corrected chi connectivity index (χ3v) is 2.36. The van der Waals surface area contributed by atoms with Crippen LogP contribution in [0, 0.1) is 0 Å². The summed E-state index contributed by atoms with van der Waals surface area (Å²) < 4.78 is 0. The first kappa shape index (κ1) is 8.32. The topological polar surface area (TPSA) is 0 Å². The summed E-state index contributed by atoms with van der Waals surface area (Å²) in [6.45, 7) is 8.27. The molecular weight excluding hydrogens is 132 g/mol. The van der Waals surface area contributed by atoms with Gasteiger partial charge in [-0.2, -0.15) is 0 Å². The number of hydrogen-bond acceptors (Lipinski definition) is 0. The maximum Gasteiger partial charge on any atom is -0.0271 e. The van der Waals surface area contributed by atoms with Gasteiger partial charge in [-0.25, -0.2) is 0 Å². The van der Waals surface area contributed by atoms with Gasteiger partial charge in [0, 0.05) is 0 Å². The molecule has 0 radical (unpaired) electrons. The molecule has 60 valence electrons. The Morgan fingerprint density at radius 3 is 1.91 bits per heavy atom. The predicted molar refractivity (Wildman–Crippen MR) is 50.5 cm³/mol. The van der Waals surface area contributed by atoms with E-state index in [-0.39, 0.29) is 0 Å². The van der Waals surface area contributed by atoms with Crippen LogP contribution in [-0.4, -0.2) is 0 Å². The van der Waals surface area contributed by atoms with Gasteiger partial charge in [0.2, 0.25) is 0 Å². The van der Waals surface area contributed by atoms with Crippen LogP contribution < -0.4 is 0 Å². The normalized spacial score (nSPS) is 26.5. The lowest BCUT2D eigenvalue weighted by atomic mass is 9.86. The van der Waals surface area contributed by atoms with Gasteiger partial charge < -0.3 is 0 Å². The van der Waals surface area contributed by atoms with Crippen molar-refractivity contribution in [3.63, 3.8) is 0 Å². The van der Waals surface area contributed by atoms with Crippen LogP contribution in [0.2, 0.25) is 0 Å². The first-order chi connectivity index (χ1) is 5.29. The Balaban J connectivity index is 2.84. The lowest BCUT2D eigenvalue weighted by Crippen LogP contribution is -2.00. The molecule has 1 aliphatic carbocycles. The van der Waals surface area contributed by atoms with Crippen molar-refractivity contribution in [3.8, 4) is 0 Å². The third-order valence-electron chi connectivity index (χ3n) is 2.36. The molecule has 1 saturated carbocycles. The summed E-state index contributed by atoms with van der Waals surface area (Å²) in [5, 5.41) is 0. The van der Waals surface area contributed by atoms with Crippen LogP contribution in [0.25, 0.3) is 0 Å². The predicted octanol–water partition coefficient (Wildman–Crippen LogP) is 3.62. The molecule has 1 aliphatic rings. The standard InChI is InChI=1S/C11H16/c1-4-10-7-6-8-11(5-2)9(10)3/h4-5H,3,6-8H2,1-2H3. The quantitative estimate of drug-likeness (QED) is 0.492. The van der Waals surface area contributed by atoms with Crippen molar-refractivity contribution in [2.75, 3.05) is 0 Å². The highest BCUT2D eigenvalue weighted by Gasteiger charge is 2.12. The second-order valence-electron chi connectivity index (χ2n) is 2.96. The van der Waals surface area contributed by atoms with E-state index in [1.807, 2.05) is 0 Å². The summed E-state index contributed by atoms with van der Waals surface area (Å²) in [6.07, 6.45) is 8.09. The second-order valence-corrected chi connectivity index (χ2v) is 2.96. The van der Waals surface area contributed by atoms with E-state index in [0.717, 1.165) is 0 Å². The summed E-state index contributed by atoms with van der Waals surface area (Å²) in [4.78, 5) is 0. The molecule has 0 N–H and O–H groups in total. The molecule has 0 saturated heterocycles. The minimum absolute atomic E-state index is 1.21. The van der Waals surface area contributed by atoms with Gasteiger partial charge in [0.05, 0.1) is 0 Å². The van der Waals surface area contributed by atoms with Gasteiger partial charge in [-0.05, 0) is 49.8 Å². The van der Waals surface area contributed by atoms with Crippen LogP contribution >= 0.6 is 0 Å². The van der Waals surface area contributed by atoms with Gasteiger partial charge in [-0.3, -0.25) is 0 Å². The minimum Gasteiger partial charge on any atom is -0.0912 e. The summed E-state index contributed by atoms with van der Waals surface area (Å²) >= 11 is 0. The molecule has 1 fully saturated rings. The van der Waals surface area contributed by atoms with Crippen molar-refractivity contribution in [1.29, 1.82) is 0 Å². The summed E-state index contributed by atoms with van der Waals surface area (Å²) in [5.74, 6) is 0. The highest BCUT2D eigenvalue weighted by molar-refractivity contribution is 5.46. The van der Waals surface area contributed by atoms with E-state index in [9.17, 15) is 0 Å². The molecule has 0 nitrogen and oxygen atoms in total. The lowest BCUT2D eigenvalue weighted by Gasteiger charge is -2.19. The molecule has 0 amide bonds. The van der Waals surface area contributed by atoms with Crippen LogP contribution in [0.3, 0.4) is 0 Å². The monoisotopic (exact) mass is 148 g/mol. The fourth-order valence-corrected chi connectivity index (χ4v) is 1.61. The maximum atomic E-state index is 4.08. The molecule has 0 atom stereocenters. The highest BCUT2D eigenvalue weighted by Crippen LogP contribution is 2.31. The fraction of sp³-hybridized carbons (Fsp3) is 0.455. The Bertz CT molecular complexity index is 194. The van der Waals surface area contributed by atoms with E-state index in [1.54, 1.807) is 0 Å². The Morgan fingerprint density at radius 1 is 1.09 bits per heavy atom. The Kier molecular flexibility index (Phi) is 2.70. The molecule has 0 heteroatoms. The van der Waals surface area contributed by atoms with Crippen molar-refractivity contribution in [2.24, 2.45) is 0 Å². The SMILES string of the molecule is C=C1C(=CC)CCCC1=CC. The Labute approximate surface area is 69.3 Å². The zero-order chi connectivity index (χ0) is 8.27. The number of allylic oxidation sites excluding steroid dienone is 5. The van der Waals surface area contributed by atoms with E-state index in [0.29, 0.717) is 0 Å². The molecular formula is C11H16. The fourth-order valence-electron chi connectivity index (χ4n) is 1.61. The van der Waals surface area contributed by atoms with E-state index < -0.39 is 0 Å². The lowest BCUT2D eigenvalue weighted by molar-refractivity contribution is 0.772. The minimum atomic E-state index is 1.21. The van der Waals surface area contributed by atoms with Crippen LogP contribution in [0.15, 0.2) is 35.5 Å². The second kappa shape index (κ2) is 3.56. The summed E-state index contributed by atoms with van der Waals surface area (Å²) in [5.41, 5.74) is 4.13. The summed E-state index contributed by atoms with van der Waals surface area (Å²) in [7, 11) is 0. The zero-order valence-electron chi connectivity index (χ0n) is 7.48. The van der Waals surface area contributed by atoms with E-state index in [2.05, 4.69) is 32.6 Å². The molecule has 1 rings (SSSR count). The average Bonchev–Trinajstić information content (AvgIpc) is 2.05. The largest absolute Gasteiger partial charge is 0.0912 e. The van der Waals surface area contributed by atoms with E-state index >= 15 is 0 Å².